The van der Waals surface area contributed by atoms with Crippen molar-refractivity contribution in [2.24, 2.45) is 11.7 Å². The third-order valence-corrected chi connectivity index (χ3v) is 3.48. The van der Waals surface area contributed by atoms with E-state index in [0.717, 1.165) is 12.0 Å². The summed E-state index contributed by atoms with van der Waals surface area (Å²) in [5.41, 5.74) is 7.72. The minimum absolute atomic E-state index is 0.0101. The van der Waals surface area contributed by atoms with Crippen LogP contribution in [0.15, 0.2) is 18.5 Å². The van der Waals surface area contributed by atoms with Gasteiger partial charge in [0, 0.05) is 17.7 Å². The Morgan fingerprint density at radius 2 is 2.42 bits per heavy atom. The van der Waals surface area contributed by atoms with E-state index in [1.54, 1.807) is 23.0 Å². The van der Waals surface area contributed by atoms with Crippen molar-refractivity contribution in [1.29, 1.82) is 5.26 Å². The van der Waals surface area contributed by atoms with E-state index in [1.165, 1.54) is 0 Å². The van der Waals surface area contributed by atoms with Gasteiger partial charge in [-0.05, 0) is 12.5 Å². The lowest BCUT2D eigenvalue weighted by Crippen LogP contribution is -2.14. The fourth-order valence-electron chi connectivity index (χ4n) is 2.41. The highest BCUT2D eigenvalue weighted by molar-refractivity contribution is 5.98. The average molecular weight is 250 g/mol. The van der Waals surface area contributed by atoms with Gasteiger partial charge in [0.15, 0.2) is 0 Å². The van der Waals surface area contributed by atoms with Crippen molar-refractivity contribution in [3.63, 3.8) is 0 Å². The van der Waals surface area contributed by atoms with Gasteiger partial charge in [-0.2, -0.15) is 10.4 Å². The Labute approximate surface area is 109 Å². The molecule has 1 saturated carbocycles. The highest BCUT2D eigenvalue weighted by atomic mass is 16.1. The Balaban J connectivity index is 2.27. The minimum atomic E-state index is -0.560. The molecule has 1 aliphatic rings. The third kappa shape index (κ3) is 1.56. The average Bonchev–Trinajstić information content (AvgIpc) is 3.07. The zero-order valence-electron chi connectivity index (χ0n) is 10.00. The highest BCUT2D eigenvalue weighted by Crippen LogP contribution is 2.48. The Kier molecular flexibility index (Phi) is 2.30. The van der Waals surface area contributed by atoms with Crippen LogP contribution >= 0.6 is 0 Å². The summed E-state index contributed by atoms with van der Waals surface area (Å²) < 4.78 is 1.63. The molecule has 19 heavy (non-hydrogen) atoms. The van der Waals surface area contributed by atoms with Gasteiger partial charge in [0.2, 0.25) is 5.91 Å². The Morgan fingerprint density at radius 1 is 1.63 bits per heavy atom. The second-order valence-corrected chi connectivity index (χ2v) is 4.58. The number of primary amides is 1. The number of carbonyl (C=O) groups is 1. The highest BCUT2D eigenvalue weighted by Gasteiger charge is 2.40. The number of amides is 1. The third-order valence-electron chi connectivity index (χ3n) is 3.48. The summed E-state index contributed by atoms with van der Waals surface area (Å²) in [6.07, 6.45) is 9.68. The van der Waals surface area contributed by atoms with Gasteiger partial charge in [0.25, 0.3) is 0 Å². The van der Waals surface area contributed by atoms with Crippen molar-refractivity contribution in [2.75, 3.05) is 0 Å². The van der Waals surface area contributed by atoms with Crippen molar-refractivity contribution >= 4 is 11.4 Å². The number of terminal acetylenes is 1. The van der Waals surface area contributed by atoms with Gasteiger partial charge in [-0.1, -0.05) is 5.92 Å². The van der Waals surface area contributed by atoms with E-state index in [0.29, 0.717) is 16.6 Å². The van der Waals surface area contributed by atoms with Crippen molar-refractivity contribution in [3.05, 3.63) is 35.2 Å². The first-order valence-electron chi connectivity index (χ1n) is 5.83. The Hall–Kier alpha value is -2.79. The van der Waals surface area contributed by atoms with Gasteiger partial charge in [-0.15, -0.1) is 6.42 Å². The summed E-state index contributed by atoms with van der Waals surface area (Å²) >= 11 is 0. The molecule has 0 aliphatic heterocycles. The Bertz CT molecular complexity index is 775. The van der Waals surface area contributed by atoms with Crippen LogP contribution in [0.2, 0.25) is 0 Å². The monoisotopic (exact) mass is 250 g/mol. The fourth-order valence-corrected chi connectivity index (χ4v) is 2.41. The molecule has 3 rings (SSSR count). The molecule has 92 valence electrons. The molecular weight excluding hydrogens is 240 g/mol. The van der Waals surface area contributed by atoms with Gasteiger partial charge >= 0.3 is 0 Å². The number of nitrogens with zero attached hydrogens (tertiary/aromatic N) is 3. The molecular formula is C14H10N4O. The fraction of sp³-hybridized carbons (Fsp3) is 0.214. The van der Waals surface area contributed by atoms with Gasteiger partial charge in [-0.3, -0.25) is 4.79 Å². The molecule has 0 saturated heterocycles. The SMILES string of the molecule is C#Cc1c(C(N)=O)ccn2ncc(C3CC3C#N)c12. The number of nitrogens with two attached hydrogens (primary N) is 1. The maximum Gasteiger partial charge on any atom is 0.250 e. The quantitative estimate of drug-likeness (QED) is 0.808. The van der Waals surface area contributed by atoms with E-state index >= 15 is 0 Å². The molecule has 0 aromatic carbocycles. The van der Waals surface area contributed by atoms with Crippen LogP contribution in [-0.2, 0) is 0 Å². The summed E-state index contributed by atoms with van der Waals surface area (Å²) in [6, 6.07) is 3.80. The number of carbonyl (C=O) groups excluding carboxylic acids is 1. The van der Waals surface area contributed by atoms with Crippen LogP contribution in [-0.4, -0.2) is 15.5 Å². The summed E-state index contributed by atoms with van der Waals surface area (Å²) in [7, 11) is 0. The molecule has 2 unspecified atom stereocenters. The molecule has 5 heteroatoms. The number of aromatic nitrogens is 2. The summed E-state index contributed by atoms with van der Waals surface area (Å²) in [5, 5.41) is 13.1. The van der Waals surface area contributed by atoms with Crippen molar-refractivity contribution < 1.29 is 4.79 Å². The second kappa shape index (κ2) is 3.86. The maximum atomic E-state index is 11.4. The number of rotatable bonds is 2. The van der Waals surface area contributed by atoms with Crippen LogP contribution in [0.1, 0.15) is 33.8 Å². The second-order valence-electron chi connectivity index (χ2n) is 4.58. The van der Waals surface area contributed by atoms with E-state index in [1.807, 2.05) is 0 Å². The molecule has 1 aliphatic carbocycles. The predicted octanol–water partition coefficient (Wildman–Crippen LogP) is 1.04. The molecule has 5 nitrogen and oxygen atoms in total. The summed E-state index contributed by atoms with van der Waals surface area (Å²) in [5.74, 6) is 2.12. The molecule has 2 atom stereocenters. The van der Waals surface area contributed by atoms with Gasteiger partial charge < -0.3 is 5.73 Å². The zero-order valence-corrected chi connectivity index (χ0v) is 10.00. The number of fused-ring (bicyclic) bond motifs is 1. The number of hydrogen-bond acceptors (Lipinski definition) is 3. The minimum Gasteiger partial charge on any atom is -0.366 e. The molecule has 2 aromatic rings. The molecule has 1 fully saturated rings. The van der Waals surface area contributed by atoms with Crippen LogP contribution in [0.4, 0.5) is 0 Å². The topological polar surface area (TPSA) is 84.2 Å². The summed E-state index contributed by atoms with van der Waals surface area (Å²) in [4.78, 5) is 11.4. The number of hydrogen-bond donors (Lipinski definition) is 1. The largest absolute Gasteiger partial charge is 0.366 e. The molecule has 0 bridgehead atoms. The van der Waals surface area contributed by atoms with Gasteiger partial charge in [0.1, 0.15) is 0 Å². The first-order chi connectivity index (χ1) is 9.17. The lowest BCUT2D eigenvalue weighted by Gasteiger charge is -2.05. The van der Waals surface area contributed by atoms with E-state index < -0.39 is 5.91 Å². The molecule has 2 N–H and O–H groups in total. The molecule has 0 radical (unpaired) electrons. The first-order valence-corrected chi connectivity index (χ1v) is 5.83. The summed E-state index contributed by atoms with van der Waals surface area (Å²) in [6.45, 7) is 0. The molecule has 0 spiro atoms. The van der Waals surface area contributed by atoms with Crippen molar-refractivity contribution in [2.45, 2.75) is 12.3 Å². The van der Waals surface area contributed by atoms with E-state index in [4.69, 9.17) is 17.4 Å². The van der Waals surface area contributed by atoms with Crippen LogP contribution in [0.25, 0.3) is 5.52 Å². The normalized spacial score (nSPS) is 20.7. The van der Waals surface area contributed by atoms with Crippen molar-refractivity contribution in [3.8, 4) is 18.4 Å². The van der Waals surface area contributed by atoms with E-state index in [-0.39, 0.29) is 11.8 Å². The number of pyridine rings is 1. The molecule has 2 heterocycles. The standard InChI is InChI=1S/C14H10N4O/c1-2-9-10(14(16)19)3-4-18-13(9)12(7-17-18)11-5-8(11)6-15/h1,3-4,7-8,11H,5H2,(H2,16,19). The smallest absolute Gasteiger partial charge is 0.250 e. The zero-order chi connectivity index (χ0) is 13.6. The lowest BCUT2D eigenvalue weighted by atomic mass is 10.0. The van der Waals surface area contributed by atoms with Crippen LogP contribution in [0, 0.1) is 29.6 Å². The van der Waals surface area contributed by atoms with Crippen LogP contribution in [0.3, 0.4) is 0 Å². The van der Waals surface area contributed by atoms with Crippen LogP contribution < -0.4 is 5.73 Å². The van der Waals surface area contributed by atoms with Gasteiger partial charge in [-0.25, -0.2) is 4.52 Å². The lowest BCUT2D eigenvalue weighted by molar-refractivity contribution is 0.1000. The van der Waals surface area contributed by atoms with Crippen molar-refractivity contribution in [1.82, 2.24) is 9.61 Å². The molecule has 1 amide bonds. The predicted molar refractivity (Wildman–Crippen MR) is 68.1 cm³/mol. The van der Waals surface area contributed by atoms with Crippen LogP contribution in [0.5, 0.6) is 0 Å². The number of nitriles is 1. The van der Waals surface area contributed by atoms with Gasteiger partial charge in [0.05, 0.1) is 34.8 Å². The van der Waals surface area contributed by atoms with E-state index in [9.17, 15) is 4.79 Å². The maximum absolute atomic E-state index is 11.4. The van der Waals surface area contributed by atoms with E-state index in [2.05, 4.69) is 17.1 Å². The molecule has 2 aromatic heterocycles. The first kappa shape index (κ1) is 11.3. The Morgan fingerprint density at radius 3 is 3.00 bits per heavy atom.